The number of carbonyl (C=O) groups is 3. The van der Waals surface area contributed by atoms with Crippen molar-refractivity contribution in [1.82, 2.24) is 9.88 Å². The Labute approximate surface area is 213 Å². The number of ether oxygens (including phenoxy) is 1. The number of fused-ring (bicyclic) bond motifs is 1. The Morgan fingerprint density at radius 3 is 2.31 bits per heavy atom. The van der Waals surface area contributed by atoms with Crippen molar-refractivity contribution in [2.24, 2.45) is 0 Å². The van der Waals surface area contributed by atoms with E-state index in [9.17, 15) is 14.4 Å². The van der Waals surface area contributed by atoms with Gasteiger partial charge in [0, 0.05) is 31.5 Å². The van der Waals surface area contributed by atoms with Crippen LogP contribution < -0.4 is 14.5 Å². The van der Waals surface area contributed by atoms with Gasteiger partial charge in [-0.2, -0.15) is 0 Å². The van der Waals surface area contributed by atoms with Gasteiger partial charge in [-0.15, -0.1) is 0 Å². The number of hydrogen-bond acceptors (Lipinski definition) is 7. The van der Waals surface area contributed by atoms with Gasteiger partial charge in [0.25, 0.3) is 5.91 Å². The molecule has 4 rings (SSSR count). The van der Waals surface area contributed by atoms with Gasteiger partial charge in [0.05, 0.1) is 22.5 Å². The Morgan fingerprint density at radius 1 is 1.06 bits per heavy atom. The maximum absolute atomic E-state index is 13.7. The Hall–Kier alpha value is -3.01. The maximum Gasteiger partial charge on any atom is 0.260 e. The molecule has 0 N–H and O–H groups in total. The van der Waals surface area contributed by atoms with Crippen molar-refractivity contribution in [3.63, 3.8) is 0 Å². The van der Waals surface area contributed by atoms with Gasteiger partial charge in [0.2, 0.25) is 11.8 Å². The molecule has 3 aromatic rings. The van der Waals surface area contributed by atoms with Gasteiger partial charge < -0.3 is 9.64 Å². The van der Waals surface area contributed by atoms with Crippen molar-refractivity contribution < 1.29 is 19.1 Å². The van der Waals surface area contributed by atoms with Gasteiger partial charge in [0.1, 0.15) is 11.3 Å². The zero-order chi connectivity index (χ0) is 25.1. The molecule has 1 saturated heterocycles. The summed E-state index contributed by atoms with van der Waals surface area (Å²) in [7, 11) is 1.57. The highest BCUT2D eigenvalue weighted by atomic mass is 35.5. The third-order valence-corrected chi connectivity index (χ3v) is 7.64. The summed E-state index contributed by atoms with van der Waals surface area (Å²) in [5.41, 5.74) is 1.52. The van der Waals surface area contributed by atoms with Crippen LogP contribution in [0, 0.1) is 0 Å². The molecule has 0 bridgehead atoms. The minimum Gasteiger partial charge on any atom is -0.494 e. The van der Waals surface area contributed by atoms with Crippen LogP contribution in [0.25, 0.3) is 10.2 Å². The fraction of sp³-hybridized carbons (Fsp3) is 0.360. The molecule has 10 heteroatoms. The minimum absolute atomic E-state index is 0.211. The van der Waals surface area contributed by atoms with Crippen molar-refractivity contribution >= 4 is 61.7 Å². The van der Waals surface area contributed by atoms with E-state index in [1.807, 2.05) is 0 Å². The monoisotopic (exact) mass is 514 g/mol. The number of anilines is 2. The molecule has 1 aliphatic heterocycles. The molecule has 0 atom stereocenters. The van der Waals surface area contributed by atoms with Gasteiger partial charge in [-0.3, -0.25) is 24.2 Å². The van der Waals surface area contributed by atoms with Crippen LogP contribution in [0.5, 0.6) is 5.75 Å². The number of hydrogen-bond donors (Lipinski definition) is 0. The summed E-state index contributed by atoms with van der Waals surface area (Å²) >= 11 is 7.76. The quantitative estimate of drug-likeness (QED) is 0.388. The largest absolute Gasteiger partial charge is 0.494 e. The lowest BCUT2D eigenvalue weighted by atomic mass is 10.1. The highest BCUT2D eigenvalue weighted by molar-refractivity contribution is 7.23. The molecule has 0 aliphatic carbocycles. The molecule has 2 heterocycles. The lowest BCUT2D eigenvalue weighted by molar-refractivity contribution is -0.121. The second-order valence-corrected chi connectivity index (χ2v) is 9.46. The predicted molar refractivity (Wildman–Crippen MR) is 139 cm³/mol. The van der Waals surface area contributed by atoms with Crippen LogP contribution in [0.4, 0.5) is 10.8 Å². The molecule has 3 amide bonds. The molecular formula is C25H27ClN4O4S. The molecule has 0 unspecified atom stereocenters. The average molecular weight is 515 g/mol. The lowest BCUT2D eigenvalue weighted by Crippen LogP contribution is -2.39. The second kappa shape index (κ2) is 10.7. The third-order valence-electron chi connectivity index (χ3n) is 6.10. The van der Waals surface area contributed by atoms with E-state index < -0.39 is 0 Å². The van der Waals surface area contributed by atoms with Crippen molar-refractivity contribution in [1.29, 1.82) is 0 Å². The molecule has 8 nitrogen and oxygen atoms in total. The summed E-state index contributed by atoms with van der Waals surface area (Å²) in [4.78, 5) is 47.6. The van der Waals surface area contributed by atoms with Crippen LogP contribution in [-0.2, 0) is 9.59 Å². The van der Waals surface area contributed by atoms with Crippen LogP contribution in [0.15, 0.2) is 36.4 Å². The number of rotatable bonds is 9. The summed E-state index contributed by atoms with van der Waals surface area (Å²) in [6, 6.07) is 10.1. The van der Waals surface area contributed by atoms with Crippen LogP contribution >= 0.6 is 22.9 Å². The van der Waals surface area contributed by atoms with Crippen LogP contribution in [0.3, 0.4) is 0 Å². The number of thiazole rings is 1. The van der Waals surface area contributed by atoms with Crippen molar-refractivity contribution in [3.05, 3.63) is 47.0 Å². The molecule has 1 fully saturated rings. The van der Waals surface area contributed by atoms with Gasteiger partial charge >= 0.3 is 0 Å². The summed E-state index contributed by atoms with van der Waals surface area (Å²) in [6.45, 7) is 7.00. The maximum atomic E-state index is 13.7. The summed E-state index contributed by atoms with van der Waals surface area (Å²) < 4.78 is 6.20. The SMILES string of the molecule is CCN(CC)CCN(C(=O)c1ccc(N2C(=O)CCC2=O)cc1)c1nc2c(OC)ccc(Cl)c2s1. The molecule has 0 radical (unpaired) electrons. The molecule has 0 spiro atoms. The number of methoxy groups -OCH3 is 1. The Morgan fingerprint density at radius 2 is 1.71 bits per heavy atom. The van der Waals surface area contributed by atoms with Crippen LogP contribution in [0.2, 0.25) is 5.02 Å². The van der Waals surface area contributed by atoms with E-state index in [0.29, 0.717) is 45.8 Å². The predicted octanol–water partition coefficient (Wildman–Crippen LogP) is 4.60. The molecule has 35 heavy (non-hydrogen) atoms. The summed E-state index contributed by atoms with van der Waals surface area (Å²) in [5.74, 6) is -0.0882. The van der Waals surface area contributed by atoms with Gasteiger partial charge in [-0.1, -0.05) is 36.8 Å². The van der Waals surface area contributed by atoms with Crippen molar-refractivity contribution in [2.75, 3.05) is 43.1 Å². The van der Waals surface area contributed by atoms with Gasteiger partial charge in [-0.05, 0) is 49.5 Å². The van der Waals surface area contributed by atoms with Gasteiger partial charge in [0.15, 0.2) is 5.13 Å². The molecule has 2 aromatic carbocycles. The first-order valence-corrected chi connectivity index (χ1v) is 12.7. The summed E-state index contributed by atoms with van der Waals surface area (Å²) in [5, 5.41) is 1.07. The normalized spacial score (nSPS) is 13.8. The van der Waals surface area contributed by atoms with E-state index in [0.717, 1.165) is 17.8 Å². The van der Waals surface area contributed by atoms with E-state index in [-0.39, 0.29) is 30.6 Å². The number of nitrogens with zero attached hydrogens (tertiary/aromatic N) is 4. The van der Waals surface area contributed by atoms with E-state index in [1.165, 1.54) is 16.2 Å². The zero-order valence-corrected chi connectivity index (χ0v) is 21.5. The number of aromatic nitrogens is 1. The Balaban J connectivity index is 1.68. The van der Waals surface area contributed by atoms with E-state index in [4.69, 9.17) is 21.3 Å². The Bertz CT molecular complexity index is 1240. The number of imide groups is 1. The number of likely N-dealkylation sites (N-methyl/N-ethyl adjacent to an activating group) is 1. The molecule has 1 aliphatic rings. The van der Waals surface area contributed by atoms with Crippen molar-refractivity contribution in [2.45, 2.75) is 26.7 Å². The molecule has 1 aromatic heterocycles. The lowest BCUT2D eigenvalue weighted by Gasteiger charge is -2.25. The van der Waals surface area contributed by atoms with Crippen molar-refractivity contribution in [3.8, 4) is 5.75 Å². The van der Waals surface area contributed by atoms with Gasteiger partial charge in [-0.25, -0.2) is 4.98 Å². The number of amides is 3. The molecular weight excluding hydrogens is 488 g/mol. The zero-order valence-electron chi connectivity index (χ0n) is 19.9. The first-order valence-electron chi connectivity index (χ1n) is 11.5. The third kappa shape index (κ3) is 5.03. The van der Waals surface area contributed by atoms with Crippen LogP contribution in [0.1, 0.15) is 37.0 Å². The second-order valence-electron chi connectivity index (χ2n) is 8.08. The van der Waals surface area contributed by atoms with Crippen LogP contribution in [-0.4, -0.2) is 60.9 Å². The first-order chi connectivity index (χ1) is 16.9. The highest BCUT2D eigenvalue weighted by Gasteiger charge is 2.30. The topological polar surface area (TPSA) is 83.0 Å². The fourth-order valence-corrected chi connectivity index (χ4v) is 5.34. The van der Waals surface area contributed by atoms with E-state index in [1.54, 1.807) is 48.4 Å². The van der Waals surface area contributed by atoms with E-state index in [2.05, 4.69) is 18.7 Å². The molecule has 0 saturated carbocycles. The smallest absolute Gasteiger partial charge is 0.260 e. The standard InChI is InChI=1S/C25H27ClN4O4S/c1-4-28(5-2)14-15-29(25-27-22-19(34-3)11-10-18(26)23(22)35-25)24(33)16-6-8-17(9-7-16)30-20(31)12-13-21(30)32/h6-11H,4-5,12-15H2,1-3H3. The molecule has 184 valence electrons. The van der Waals surface area contributed by atoms with E-state index >= 15 is 0 Å². The fourth-order valence-electron chi connectivity index (χ4n) is 4.06. The summed E-state index contributed by atoms with van der Waals surface area (Å²) in [6.07, 6.45) is 0.421. The highest BCUT2D eigenvalue weighted by Crippen LogP contribution is 2.39. The number of benzene rings is 2. The average Bonchev–Trinajstić information content (AvgIpc) is 3.46. The number of halogens is 1. The first kappa shape index (κ1) is 25.1. The number of carbonyl (C=O) groups excluding carboxylic acids is 3. The minimum atomic E-state index is -0.227. The Kier molecular flexibility index (Phi) is 7.69.